The normalized spacial score (nSPS) is 10.0. The number of aromatic nitrogens is 1. The van der Waals surface area contributed by atoms with Crippen LogP contribution in [0.2, 0.25) is 0 Å². The molecule has 0 amide bonds. The number of benzene rings is 1. The summed E-state index contributed by atoms with van der Waals surface area (Å²) in [6.45, 7) is 6.03. The summed E-state index contributed by atoms with van der Waals surface area (Å²) in [4.78, 5) is 4.48. The van der Waals surface area contributed by atoms with Crippen molar-refractivity contribution in [2.75, 3.05) is 0 Å². The molecular formula is C15H14N2. The standard InChI is InChI=1S/C15H14N2/c1-10-4-6-14(11(2)8-10)15-7-5-13(9-16)12(3)17-15/h4-8H,1-3H3. The van der Waals surface area contributed by atoms with E-state index in [1.807, 2.05) is 19.1 Å². The molecule has 0 unspecified atom stereocenters. The van der Waals surface area contributed by atoms with Crippen molar-refractivity contribution in [1.29, 1.82) is 5.26 Å². The first-order chi connectivity index (χ1) is 8.11. The molecule has 0 spiro atoms. The molecule has 0 aliphatic carbocycles. The number of pyridine rings is 1. The van der Waals surface area contributed by atoms with E-state index >= 15 is 0 Å². The van der Waals surface area contributed by atoms with Gasteiger partial charge in [-0.3, -0.25) is 4.98 Å². The van der Waals surface area contributed by atoms with E-state index in [1.165, 1.54) is 11.1 Å². The fourth-order valence-corrected chi connectivity index (χ4v) is 1.93. The predicted molar refractivity (Wildman–Crippen MR) is 68.6 cm³/mol. The molecule has 0 saturated heterocycles. The largest absolute Gasteiger partial charge is 0.252 e. The molecule has 2 nitrogen and oxygen atoms in total. The molecule has 84 valence electrons. The van der Waals surface area contributed by atoms with Crippen LogP contribution in [-0.4, -0.2) is 4.98 Å². The quantitative estimate of drug-likeness (QED) is 0.739. The number of nitriles is 1. The predicted octanol–water partition coefficient (Wildman–Crippen LogP) is 3.55. The van der Waals surface area contributed by atoms with Gasteiger partial charge in [-0.25, -0.2) is 0 Å². The third-order valence-corrected chi connectivity index (χ3v) is 2.86. The van der Waals surface area contributed by atoms with Crippen LogP contribution < -0.4 is 0 Å². The van der Waals surface area contributed by atoms with Crippen molar-refractivity contribution in [2.45, 2.75) is 20.8 Å². The lowest BCUT2D eigenvalue weighted by Gasteiger charge is -2.07. The highest BCUT2D eigenvalue weighted by Crippen LogP contribution is 2.23. The molecule has 17 heavy (non-hydrogen) atoms. The first kappa shape index (κ1) is 11.3. The minimum Gasteiger partial charge on any atom is -0.252 e. The van der Waals surface area contributed by atoms with Gasteiger partial charge in [-0.2, -0.15) is 5.26 Å². The van der Waals surface area contributed by atoms with Crippen LogP contribution in [-0.2, 0) is 0 Å². The lowest BCUT2D eigenvalue weighted by molar-refractivity contribution is 1.18. The molecule has 0 aliphatic rings. The molecule has 2 rings (SSSR count). The second-order valence-electron chi connectivity index (χ2n) is 4.26. The topological polar surface area (TPSA) is 36.7 Å². The second kappa shape index (κ2) is 4.39. The monoisotopic (exact) mass is 222 g/mol. The molecule has 1 heterocycles. The number of rotatable bonds is 1. The van der Waals surface area contributed by atoms with Crippen molar-refractivity contribution in [3.8, 4) is 17.3 Å². The smallest absolute Gasteiger partial charge is 0.101 e. The van der Waals surface area contributed by atoms with E-state index in [9.17, 15) is 0 Å². The highest BCUT2D eigenvalue weighted by Gasteiger charge is 2.06. The van der Waals surface area contributed by atoms with Gasteiger partial charge >= 0.3 is 0 Å². The highest BCUT2D eigenvalue weighted by atomic mass is 14.7. The maximum atomic E-state index is 8.88. The van der Waals surface area contributed by atoms with Crippen LogP contribution in [0.5, 0.6) is 0 Å². The van der Waals surface area contributed by atoms with E-state index in [0.29, 0.717) is 5.56 Å². The molecule has 0 bridgehead atoms. The van der Waals surface area contributed by atoms with Crippen molar-refractivity contribution in [2.24, 2.45) is 0 Å². The summed E-state index contributed by atoms with van der Waals surface area (Å²) in [5.41, 5.74) is 5.93. The van der Waals surface area contributed by atoms with Gasteiger partial charge in [0.1, 0.15) is 6.07 Å². The average Bonchev–Trinajstić information content (AvgIpc) is 2.29. The maximum Gasteiger partial charge on any atom is 0.101 e. The summed E-state index contributed by atoms with van der Waals surface area (Å²) in [5, 5.41) is 8.88. The summed E-state index contributed by atoms with van der Waals surface area (Å²) in [5.74, 6) is 0. The molecule has 0 radical (unpaired) electrons. The van der Waals surface area contributed by atoms with E-state index in [4.69, 9.17) is 5.26 Å². The minimum atomic E-state index is 0.638. The molecule has 1 aromatic heterocycles. The van der Waals surface area contributed by atoms with Gasteiger partial charge in [0, 0.05) is 5.56 Å². The van der Waals surface area contributed by atoms with Gasteiger partial charge in [0.05, 0.1) is 17.0 Å². The van der Waals surface area contributed by atoms with E-state index in [2.05, 4.69) is 43.1 Å². The second-order valence-corrected chi connectivity index (χ2v) is 4.26. The van der Waals surface area contributed by atoms with Crippen LogP contribution in [0.25, 0.3) is 11.3 Å². The zero-order valence-electron chi connectivity index (χ0n) is 10.3. The maximum absolute atomic E-state index is 8.88. The van der Waals surface area contributed by atoms with Crippen LogP contribution >= 0.6 is 0 Å². The zero-order chi connectivity index (χ0) is 12.4. The fourth-order valence-electron chi connectivity index (χ4n) is 1.93. The van der Waals surface area contributed by atoms with Crippen molar-refractivity contribution < 1.29 is 0 Å². The lowest BCUT2D eigenvalue weighted by atomic mass is 10.0. The van der Waals surface area contributed by atoms with Crippen molar-refractivity contribution in [1.82, 2.24) is 4.98 Å². The molecule has 0 N–H and O–H groups in total. The third-order valence-electron chi connectivity index (χ3n) is 2.86. The van der Waals surface area contributed by atoms with Gasteiger partial charge in [-0.1, -0.05) is 23.8 Å². The minimum absolute atomic E-state index is 0.638. The molecule has 0 fully saturated rings. The molecule has 0 atom stereocenters. The summed E-state index contributed by atoms with van der Waals surface area (Å²) in [6.07, 6.45) is 0. The Morgan fingerprint density at radius 3 is 2.41 bits per heavy atom. The number of nitrogens with zero attached hydrogens (tertiary/aromatic N) is 2. The van der Waals surface area contributed by atoms with Gasteiger partial charge in [0.25, 0.3) is 0 Å². The first-order valence-electron chi connectivity index (χ1n) is 5.57. The molecular weight excluding hydrogens is 208 g/mol. The molecule has 2 heteroatoms. The fraction of sp³-hybridized carbons (Fsp3) is 0.200. The molecule has 2 aromatic rings. The van der Waals surface area contributed by atoms with E-state index in [-0.39, 0.29) is 0 Å². The Morgan fingerprint density at radius 1 is 1.06 bits per heavy atom. The zero-order valence-corrected chi connectivity index (χ0v) is 10.3. The van der Waals surface area contributed by atoms with Crippen LogP contribution in [0, 0.1) is 32.1 Å². The first-order valence-corrected chi connectivity index (χ1v) is 5.57. The highest BCUT2D eigenvalue weighted by molar-refractivity contribution is 5.64. The summed E-state index contributed by atoms with van der Waals surface area (Å²) in [6, 6.07) is 12.2. The third kappa shape index (κ3) is 2.19. The summed E-state index contributed by atoms with van der Waals surface area (Å²) >= 11 is 0. The van der Waals surface area contributed by atoms with Gasteiger partial charge in [0.2, 0.25) is 0 Å². The van der Waals surface area contributed by atoms with E-state index in [0.717, 1.165) is 17.0 Å². The van der Waals surface area contributed by atoms with Crippen molar-refractivity contribution >= 4 is 0 Å². The number of hydrogen-bond acceptors (Lipinski definition) is 2. The summed E-state index contributed by atoms with van der Waals surface area (Å²) in [7, 11) is 0. The van der Waals surface area contributed by atoms with Gasteiger partial charge in [0.15, 0.2) is 0 Å². The van der Waals surface area contributed by atoms with Crippen molar-refractivity contribution in [3.05, 3.63) is 52.7 Å². The number of hydrogen-bond donors (Lipinski definition) is 0. The Bertz CT molecular complexity index is 607. The number of aryl methyl sites for hydroxylation is 3. The molecule has 1 aromatic carbocycles. The van der Waals surface area contributed by atoms with Crippen LogP contribution in [0.3, 0.4) is 0 Å². The van der Waals surface area contributed by atoms with Gasteiger partial charge in [-0.15, -0.1) is 0 Å². The van der Waals surface area contributed by atoms with E-state index < -0.39 is 0 Å². The Kier molecular flexibility index (Phi) is 2.93. The molecule has 0 saturated carbocycles. The molecule has 0 aliphatic heterocycles. The van der Waals surface area contributed by atoms with Crippen molar-refractivity contribution in [3.63, 3.8) is 0 Å². The van der Waals surface area contributed by atoms with Gasteiger partial charge in [-0.05, 0) is 38.5 Å². The van der Waals surface area contributed by atoms with Crippen LogP contribution in [0.15, 0.2) is 30.3 Å². The summed E-state index contributed by atoms with van der Waals surface area (Å²) < 4.78 is 0. The Hall–Kier alpha value is -2.14. The van der Waals surface area contributed by atoms with Crippen LogP contribution in [0.1, 0.15) is 22.4 Å². The Labute approximate surface area is 102 Å². The Balaban J connectivity index is 2.54. The SMILES string of the molecule is Cc1ccc(-c2ccc(C#N)c(C)n2)c(C)c1. The lowest BCUT2D eigenvalue weighted by Crippen LogP contribution is -1.93. The average molecular weight is 222 g/mol. The van der Waals surface area contributed by atoms with Crippen LogP contribution in [0.4, 0.5) is 0 Å². The van der Waals surface area contributed by atoms with Gasteiger partial charge < -0.3 is 0 Å². The van der Waals surface area contributed by atoms with E-state index in [1.54, 1.807) is 0 Å². The Morgan fingerprint density at radius 2 is 1.82 bits per heavy atom.